The largest absolute Gasteiger partial charge is 0.390 e. The van der Waals surface area contributed by atoms with Gasteiger partial charge in [0.25, 0.3) is 0 Å². The van der Waals surface area contributed by atoms with E-state index in [0.29, 0.717) is 18.8 Å². The number of aliphatic hydroxyl groups excluding tert-OH is 2. The Bertz CT molecular complexity index is 518. The fraction of sp³-hybridized carbons (Fsp3) is 0.565. The van der Waals surface area contributed by atoms with Crippen molar-refractivity contribution in [2.45, 2.75) is 77.9 Å². The van der Waals surface area contributed by atoms with Crippen LogP contribution in [0.15, 0.2) is 59.8 Å². The Kier molecular flexibility index (Phi) is 10.4. The molecular weight excluding hydrogens is 308 g/mol. The molecule has 0 aliphatic heterocycles. The molecular formula is C23H36O2. The Hall–Kier alpha value is -1.38. The van der Waals surface area contributed by atoms with Gasteiger partial charge in [-0.15, -0.1) is 0 Å². The van der Waals surface area contributed by atoms with Gasteiger partial charge < -0.3 is 10.2 Å². The van der Waals surface area contributed by atoms with Crippen LogP contribution in [0.1, 0.15) is 65.7 Å². The van der Waals surface area contributed by atoms with Gasteiger partial charge in [0.15, 0.2) is 0 Å². The van der Waals surface area contributed by atoms with E-state index in [0.717, 1.165) is 37.7 Å². The van der Waals surface area contributed by atoms with Gasteiger partial charge in [-0.1, -0.05) is 59.8 Å². The quantitative estimate of drug-likeness (QED) is 0.419. The smallest absolute Gasteiger partial charge is 0.0804 e. The van der Waals surface area contributed by atoms with Crippen molar-refractivity contribution in [3.05, 3.63) is 59.8 Å². The maximum Gasteiger partial charge on any atom is 0.0804 e. The molecule has 1 fully saturated rings. The first-order valence-electron chi connectivity index (χ1n) is 9.56. The molecule has 0 heterocycles. The van der Waals surface area contributed by atoms with Crippen LogP contribution < -0.4 is 0 Å². The van der Waals surface area contributed by atoms with Gasteiger partial charge in [0.1, 0.15) is 0 Å². The van der Waals surface area contributed by atoms with Gasteiger partial charge in [-0.2, -0.15) is 0 Å². The van der Waals surface area contributed by atoms with E-state index in [9.17, 15) is 10.2 Å². The summed E-state index contributed by atoms with van der Waals surface area (Å²) in [7, 11) is 0. The van der Waals surface area contributed by atoms with Crippen molar-refractivity contribution in [1.29, 1.82) is 0 Å². The zero-order valence-electron chi connectivity index (χ0n) is 16.2. The van der Waals surface area contributed by atoms with Crippen LogP contribution in [0.5, 0.6) is 0 Å². The number of hydrogen-bond acceptors (Lipinski definition) is 2. The van der Waals surface area contributed by atoms with Gasteiger partial charge in [0.2, 0.25) is 0 Å². The SMILES string of the molecule is C=C(/C=C/C=C/C1CCC(O)C(O)C1)CC/C=C(\C)CCC=C(C)C. The lowest BCUT2D eigenvalue weighted by molar-refractivity contribution is -0.0189. The number of hydrogen-bond donors (Lipinski definition) is 2. The molecule has 1 aliphatic carbocycles. The average molecular weight is 345 g/mol. The molecule has 0 saturated heterocycles. The first-order chi connectivity index (χ1) is 11.9. The zero-order chi connectivity index (χ0) is 18.7. The van der Waals surface area contributed by atoms with Crippen LogP contribution >= 0.6 is 0 Å². The third kappa shape index (κ3) is 10.3. The van der Waals surface area contributed by atoms with E-state index in [-0.39, 0.29) is 0 Å². The highest BCUT2D eigenvalue weighted by Gasteiger charge is 2.25. The highest BCUT2D eigenvalue weighted by Crippen LogP contribution is 2.25. The lowest BCUT2D eigenvalue weighted by Crippen LogP contribution is -2.32. The Labute approximate surface area is 154 Å². The maximum atomic E-state index is 9.69. The summed E-state index contributed by atoms with van der Waals surface area (Å²) in [5, 5.41) is 19.2. The molecule has 0 aromatic rings. The molecule has 1 aliphatic rings. The monoisotopic (exact) mass is 344 g/mol. The Morgan fingerprint density at radius 1 is 0.960 bits per heavy atom. The molecule has 1 rings (SSSR count). The number of rotatable bonds is 9. The molecule has 0 amide bonds. The van der Waals surface area contributed by atoms with Crippen LogP contribution in [0.3, 0.4) is 0 Å². The van der Waals surface area contributed by atoms with Gasteiger partial charge in [0, 0.05) is 0 Å². The molecule has 2 N–H and O–H groups in total. The molecule has 0 spiro atoms. The summed E-state index contributed by atoms with van der Waals surface area (Å²) in [6, 6.07) is 0. The minimum Gasteiger partial charge on any atom is -0.390 e. The van der Waals surface area contributed by atoms with E-state index in [1.165, 1.54) is 11.1 Å². The van der Waals surface area contributed by atoms with Crippen molar-refractivity contribution in [2.75, 3.05) is 0 Å². The minimum absolute atomic E-state index is 0.364. The van der Waals surface area contributed by atoms with Gasteiger partial charge in [0.05, 0.1) is 12.2 Å². The lowest BCUT2D eigenvalue weighted by atomic mass is 9.85. The van der Waals surface area contributed by atoms with Crippen molar-refractivity contribution in [1.82, 2.24) is 0 Å². The normalized spacial score (nSPS) is 24.8. The average Bonchev–Trinajstić information content (AvgIpc) is 2.54. The van der Waals surface area contributed by atoms with E-state index < -0.39 is 12.2 Å². The molecule has 0 aromatic carbocycles. The van der Waals surface area contributed by atoms with Crippen molar-refractivity contribution >= 4 is 0 Å². The summed E-state index contributed by atoms with van der Waals surface area (Å²) in [5.74, 6) is 0.364. The topological polar surface area (TPSA) is 40.5 Å². The molecule has 0 bridgehead atoms. The molecule has 0 aromatic heterocycles. The Morgan fingerprint density at radius 2 is 1.68 bits per heavy atom. The second kappa shape index (κ2) is 12.1. The second-order valence-corrected chi connectivity index (χ2v) is 7.52. The van der Waals surface area contributed by atoms with E-state index >= 15 is 0 Å². The van der Waals surface area contributed by atoms with E-state index in [1.807, 2.05) is 12.2 Å². The number of allylic oxidation sites excluding steroid dienone is 9. The second-order valence-electron chi connectivity index (χ2n) is 7.52. The highest BCUT2D eigenvalue weighted by molar-refractivity contribution is 5.20. The standard InChI is InChI=1S/C23H36O2/c1-18(2)9-7-11-20(4)13-8-12-19(3)10-5-6-14-21-15-16-22(24)23(25)17-21/h5-6,9-10,13-14,21-25H,3,7-8,11-12,15-17H2,1-2,4H3/b10-5+,14-6+,20-13+. The molecule has 1 saturated carbocycles. The molecule has 3 unspecified atom stereocenters. The van der Waals surface area contributed by atoms with Crippen LogP contribution in [0.25, 0.3) is 0 Å². The van der Waals surface area contributed by atoms with E-state index in [1.54, 1.807) is 0 Å². The molecule has 0 radical (unpaired) electrons. The van der Waals surface area contributed by atoms with Crippen molar-refractivity contribution in [3.8, 4) is 0 Å². The summed E-state index contributed by atoms with van der Waals surface area (Å²) in [5.41, 5.74) is 3.97. The predicted octanol–water partition coefficient (Wildman–Crippen LogP) is 5.65. The highest BCUT2D eigenvalue weighted by atomic mass is 16.3. The molecule has 2 heteroatoms. The fourth-order valence-electron chi connectivity index (χ4n) is 3.03. The van der Waals surface area contributed by atoms with Gasteiger partial charge in [-0.25, -0.2) is 0 Å². The number of aliphatic hydroxyl groups is 2. The lowest BCUT2D eigenvalue weighted by Gasteiger charge is -2.28. The predicted molar refractivity (Wildman–Crippen MR) is 108 cm³/mol. The summed E-state index contributed by atoms with van der Waals surface area (Å²) in [6.45, 7) is 10.6. The first kappa shape index (κ1) is 21.7. The third-order valence-corrected chi connectivity index (χ3v) is 4.70. The first-order valence-corrected chi connectivity index (χ1v) is 9.56. The fourth-order valence-corrected chi connectivity index (χ4v) is 3.03. The zero-order valence-corrected chi connectivity index (χ0v) is 16.2. The van der Waals surface area contributed by atoms with E-state index in [2.05, 4.69) is 51.7 Å². The summed E-state index contributed by atoms with van der Waals surface area (Å²) >= 11 is 0. The van der Waals surface area contributed by atoms with E-state index in [4.69, 9.17) is 0 Å². The maximum absolute atomic E-state index is 9.69. The van der Waals surface area contributed by atoms with Crippen molar-refractivity contribution in [3.63, 3.8) is 0 Å². The van der Waals surface area contributed by atoms with Gasteiger partial charge in [-0.05, 0) is 71.6 Å². The van der Waals surface area contributed by atoms with Crippen molar-refractivity contribution in [2.24, 2.45) is 5.92 Å². The molecule has 140 valence electrons. The molecule has 2 nitrogen and oxygen atoms in total. The molecule has 3 atom stereocenters. The Morgan fingerprint density at radius 3 is 2.36 bits per heavy atom. The third-order valence-electron chi connectivity index (χ3n) is 4.70. The summed E-state index contributed by atoms with van der Waals surface area (Å²) in [6.07, 6.45) is 18.3. The van der Waals surface area contributed by atoms with Gasteiger partial charge in [-0.3, -0.25) is 0 Å². The van der Waals surface area contributed by atoms with Crippen LogP contribution in [0, 0.1) is 5.92 Å². The summed E-state index contributed by atoms with van der Waals surface area (Å²) < 4.78 is 0. The minimum atomic E-state index is -0.575. The molecule has 25 heavy (non-hydrogen) atoms. The van der Waals surface area contributed by atoms with Gasteiger partial charge >= 0.3 is 0 Å². The van der Waals surface area contributed by atoms with Crippen LogP contribution in [0.2, 0.25) is 0 Å². The van der Waals surface area contributed by atoms with Crippen molar-refractivity contribution < 1.29 is 10.2 Å². The van der Waals surface area contributed by atoms with Crippen LogP contribution in [0.4, 0.5) is 0 Å². The van der Waals surface area contributed by atoms with Crippen LogP contribution in [-0.4, -0.2) is 22.4 Å². The van der Waals surface area contributed by atoms with Crippen LogP contribution in [-0.2, 0) is 0 Å². The summed E-state index contributed by atoms with van der Waals surface area (Å²) in [4.78, 5) is 0. The Balaban J connectivity index is 2.24.